The van der Waals surface area contributed by atoms with Crippen LogP contribution in [0.4, 0.5) is 5.69 Å². The maximum atomic E-state index is 12.6. The Hall–Kier alpha value is -3.44. The van der Waals surface area contributed by atoms with Gasteiger partial charge in [0.05, 0.1) is 13.2 Å². The normalized spacial score (nSPS) is 19.8. The molecule has 2 aliphatic rings. The average Bonchev–Trinajstić information content (AvgIpc) is 3.27. The highest BCUT2D eigenvalue weighted by molar-refractivity contribution is 6.31. The number of hydrogen-bond donors (Lipinski definition) is 1. The van der Waals surface area contributed by atoms with E-state index in [4.69, 9.17) is 21.1 Å². The lowest BCUT2D eigenvalue weighted by atomic mass is 9.75. The van der Waals surface area contributed by atoms with Crippen LogP contribution in [0.1, 0.15) is 43.0 Å². The van der Waals surface area contributed by atoms with Crippen LogP contribution >= 0.6 is 11.6 Å². The van der Waals surface area contributed by atoms with Crippen molar-refractivity contribution in [2.45, 2.75) is 45.4 Å². The molecule has 5 nitrogen and oxygen atoms in total. The van der Waals surface area contributed by atoms with Crippen molar-refractivity contribution in [1.29, 1.82) is 0 Å². The molecule has 6 heteroatoms. The van der Waals surface area contributed by atoms with Gasteiger partial charge in [0, 0.05) is 21.7 Å². The van der Waals surface area contributed by atoms with Gasteiger partial charge < -0.3 is 19.7 Å². The Morgan fingerprint density at radius 3 is 2.64 bits per heavy atom. The molecule has 1 N–H and O–H groups in total. The van der Waals surface area contributed by atoms with Crippen molar-refractivity contribution >= 4 is 29.3 Å². The van der Waals surface area contributed by atoms with E-state index >= 15 is 0 Å². The summed E-state index contributed by atoms with van der Waals surface area (Å²) in [6, 6.07) is 20.0. The van der Waals surface area contributed by atoms with E-state index in [1.807, 2.05) is 49.4 Å². The van der Waals surface area contributed by atoms with E-state index < -0.39 is 5.66 Å². The molecule has 0 spiro atoms. The molecular weight excluding hydrogens is 472 g/mol. The SMILES string of the molecule is CCOc1cc(/C=C/C23NC(=O)CN2c2ccc(C)cc2C3(C)C)ccc1OCc1ccccc1Cl. The number of carbonyl (C=O) groups excluding carboxylic acids is 1. The smallest absolute Gasteiger partial charge is 0.241 e. The molecule has 186 valence electrons. The van der Waals surface area contributed by atoms with Crippen LogP contribution in [-0.2, 0) is 16.8 Å². The number of carbonyl (C=O) groups is 1. The zero-order valence-electron chi connectivity index (χ0n) is 21.1. The average molecular weight is 503 g/mol. The van der Waals surface area contributed by atoms with Crippen molar-refractivity contribution in [3.05, 3.63) is 94.0 Å². The fourth-order valence-electron chi connectivity index (χ4n) is 5.29. The maximum absolute atomic E-state index is 12.6. The van der Waals surface area contributed by atoms with E-state index in [2.05, 4.69) is 61.3 Å². The van der Waals surface area contributed by atoms with E-state index in [9.17, 15) is 4.79 Å². The second-order valence-electron chi connectivity index (χ2n) is 9.90. The molecule has 3 aromatic rings. The lowest BCUT2D eigenvalue weighted by Gasteiger charge is -2.40. The van der Waals surface area contributed by atoms with Crippen LogP contribution in [0, 0.1) is 6.92 Å². The first kappa shape index (κ1) is 24.3. The Morgan fingerprint density at radius 1 is 1.06 bits per heavy atom. The minimum Gasteiger partial charge on any atom is -0.490 e. The second kappa shape index (κ2) is 9.21. The molecule has 1 atom stereocenters. The molecule has 0 bridgehead atoms. The van der Waals surface area contributed by atoms with Crippen molar-refractivity contribution in [1.82, 2.24) is 5.32 Å². The Bertz CT molecular complexity index is 1350. The molecule has 3 aromatic carbocycles. The lowest BCUT2D eigenvalue weighted by molar-refractivity contribution is -0.118. The van der Waals surface area contributed by atoms with Gasteiger partial charge >= 0.3 is 0 Å². The van der Waals surface area contributed by atoms with Crippen molar-refractivity contribution in [3.63, 3.8) is 0 Å². The monoisotopic (exact) mass is 502 g/mol. The van der Waals surface area contributed by atoms with Gasteiger partial charge in [0.25, 0.3) is 0 Å². The Balaban J connectivity index is 1.45. The fraction of sp³-hybridized carbons (Fsp3) is 0.300. The maximum Gasteiger partial charge on any atom is 0.241 e. The van der Waals surface area contributed by atoms with E-state index in [1.165, 1.54) is 11.1 Å². The third kappa shape index (κ3) is 4.01. The summed E-state index contributed by atoms with van der Waals surface area (Å²) >= 11 is 6.28. The standard InChI is InChI=1S/C30H31ClN2O3/c1-5-35-27-17-21(11-13-26(27)36-19-22-8-6-7-9-24(22)31)14-15-30-29(3,4)23-16-20(2)10-12-25(23)33(30)18-28(34)32-30/h6-17H,5,18-19H2,1-4H3,(H,32,34)/b15-14+. The molecule has 0 aliphatic carbocycles. The van der Waals surface area contributed by atoms with Crippen LogP contribution in [0.2, 0.25) is 5.02 Å². The summed E-state index contributed by atoms with van der Waals surface area (Å²) in [6.07, 6.45) is 4.17. The molecule has 2 aliphatic heterocycles. The summed E-state index contributed by atoms with van der Waals surface area (Å²) in [7, 11) is 0. The summed E-state index contributed by atoms with van der Waals surface area (Å²) in [4.78, 5) is 14.8. The van der Waals surface area contributed by atoms with Gasteiger partial charge in [-0.3, -0.25) is 4.79 Å². The van der Waals surface area contributed by atoms with E-state index in [-0.39, 0.29) is 11.3 Å². The number of anilines is 1. The first-order valence-electron chi connectivity index (χ1n) is 12.3. The number of aryl methyl sites for hydroxylation is 1. The largest absolute Gasteiger partial charge is 0.490 e. The Kier molecular flexibility index (Phi) is 6.21. The molecular formula is C30H31ClN2O3. The van der Waals surface area contributed by atoms with Crippen LogP contribution in [0.5, 0.6) is 11.5 Å². The van der Waals surface area contributed by atoms with Gasteiger partial charge in [0.15, 0.2) is 11.5 Å². The van der Waals surface area contributed by atoms with E-state index in [0.717, 1.165) is 16.8 Å². The van der Waals surface area contributed by atoms with Gasteiger partial charge in [0.2, 0.25) is 5.91 Å². The minimum absolute atomic E-state index is 0.0253. The van der Waals surface area contributed by atoms with Crippen LogP contribution in [0.3, 0.4) is 0 Å². The summed E-state index contributed by atoms with van der Waals surface area (Å²) in [5, 5.41) is 3.96. The minimum atomic E-state index is -0.648. The van der Waals surface area contributed by atoms with Gasteiger partial charge in [-0.2, -0.15) is 0 Å². The summed E-state index contributed by atoms with van der Waals surface area (Å²) < 4.78 is 12.0. The summed E-state index contributed by atoms with van der Waals surface area (Å²) in [5.41, 5.74) is 4.46. The third-order valence-electron chi connectivity index (χ3n) is 7.25. The van der Waals surface area contributed by atoms with Gasteiger partial charge in [0.1, 0.15) is 12.3 Å². The highest BCUT2D eigenvalue weighted by Crippen LogP contribution is 2.53. The predicted molar refractivity (Wildman–Crippen MR) is 145 cm³/mol. The molecule has 5 rings (SSSR count). The fourth-order valence-corrected chi connectivity index (χ4v) is 5.48. The molecule has 1 unspecified atom stereocenters. The number of halogens is 1. The highest BCUT2D eigenvalue weighted by atomic mass is 35.5. The molecule has 1 amide bonds. The number of nitrogens with zero attached hydrogens (tertiary/aromatic N) is 1. The number of benzene rings is 3. The molecule has 0 aromatic heterocycles. The highest BCUT2D eigenvalue weighted by Gasteiger charge is 2.59. The van der Waals surface area contributed by atoms with Crippen molar-refractivity contribution in [2.75, 3.05) is 18.1 Å². The number of rotatable bonds is 7. The lowest BCUT2D eigenvalue weighted by Crippen LogP contribution is -2.58. The second-order valence-corrected chi connectivity index (χ2v) is 10.3. The van der Waals surface area contributed by atoms with Crippen LogP contribution < -0.4 is 19.7 Å². The Morgan fingerprint density at radius 2 is 1.86 bits per heavy atom. The first-order valence-corrected chi connectivity index (χ1v) is 12.6. The quantitative estimate of drug-likeness (QED) is 0.414. The van der Waals surface area contributed by atoms with Crippen LogP contribution in [0.25, 0.3) is 6.08 Å². The van der Waals surface area contributed by atoms with E-state index in [1.54, 1.807) is 0 Å². The summed E-state index contributed by atoms with van der Waals surface area (Å²) in [6.45, 7) is 9.65. The topological polar surface area (TPSA) is 50.8 Å². The molecule has 0 saturated carbocycles. The number of hydrogen-bond acceptors (Lipinski definition) is 4. The van der Waals surface area contributed by atoms with Gasteiger partial charge in [-0.1, -0.05) is 73.5 Å². The number of ether oxygens (including phenoxy) is 2. The third-order valence-corrected chi connectivity index (χ3v) is 7.62. The van der Waals surface area contributed by atoms with Crippen LogP contribution in [-0.4, -0.2) is 24.7 Å². The van der Waals surface area contributed by atoms with Crippen molar-refractivity contribution in [3.8, 4) is 11.5 Å². The number of nitrogens with one attached hydrogen (secondary N) is 1. The van der Waals surface area contributed by atoms with Crippen molar-refractivity contribution < 1.29 is 14.3 Å². The molecule has 1 fully saturated rings. The molecule has 0 radical (unpaired) electrons. The van der Waals surface area contributed by atoms with Gasteiger partial charge in [-0.25, -0.2) is 0 Å². The number of fused-ring (bicyclic) bond motifs is 3. The number of amides is 1. The van der Waals surface area contributed by atoms with E-state index in [0.29, 0.717) is 36.3 Å². The zero-order valence-corrected chi connectivity index (χ0v) is 21.9. The van der Waals surface area contributed by atoms with Crippen LogP contribution in [0.15, 0.2) is 66.7 Å². The van der Waals surface area contributed by atoms with Crippen molar-refractivity contribution in [2.24, 2.45) is 0 Å². The first-order chi connectivity index (χ1) is 17.2. The van der Waals surface area contributed by atoms with Gasteiger partial charge in [-0.15, -0.1) is 0 Å². The predicted octanol–water partition coefficient (Wildman–Crippen LogP) is 6.26. The summed E-state index contributed by atoms with van der Waals surface area (Å²) in [5.74, 6) is 1.35. The zero-order chi connectivity index (χ0) is 25.5. The molecule has 36 heavy (non-hydrogen) atoms. The molecule has 1 saturated heterocycles. The molecule has 2 heterocycles. The Labute approximate surface area is 217 Å². The van der Waals surface area contributed by atoms with Gasteiger partial charge in [-0.05, 0) is 55.3 Å².